The number of nitrogens with two attached hydrogens (primary N) is 6. The molecule has 0 aliphatic rings. The van der Waals surface area contributed by atoms with Crippen molar-refractivity contribution in [3.05, 3.63) is 35.9 Å². The second-order valence-corrected chi connectivity index (χ2v) is 22.8. The SMILES string of the molecule is CC[C@H](C)[C@H](CC(=O)[C@H](Cc1ccccc1)NC(=O)[C@@H](CC(=O)[C@H](CC(=O)O)NC(=O)[C@H](C)CC(=O)[C@H](CO)NC(=O)[C@H](CCCN=C(N)N)CC(=O)[C@H](CCCN=C(N)N)NC(=O)[C@H](CCCCN)CC(=O)[C@@H](C)CCC(=O)O)[C@@H](C)CC)C(N)=O. The summed E-state index contributed by atoms with van der Waals surface area (Å²) in [4.78, 5) is 169. The first kappa shape index (κ1) is 77.3. The van der Waals surface area contributed by atoms with Gasteiger partial charge in [0.15, 0.2) is 35.1 Å². The second-order valence-electron chi connectivity index (χ2n) is 22.8. The molecular formula is C60H98N12O15. The molecule has 5 amide bonds. The van der Waals surface area contributed by atoms with Gasteiger partial charge in [-0.25, -0.2) is 0 Å². The number of aliphatic hydroxyl groups excluding tert-OH is 1. The highest BCUT2D eigenvalue weighted by Crippen LogP contribution is 2.26. The van der Waals surface area contributed by atoms with E-state index in [0.29, 0.717) is 37.8 Å². The van der Waals surface area contributed by atoms with Crippen molar-refractivity contribution < 1.29 is 72.9 Å². The summed E-state index contributed by atoms with van der Waals surface area (Å²) in [5.74, 6) is -16.8. The predicted octanol–water partition coefficient (Wildman–Crippen LogP) is 0.847. The molecule has 27 heteroatoms. The number of nitrogens with zero attached hydrogens (tertiary/aromatic N) is 2. The van der Waals surface area contributed by atoms with Crippen LogP contribution >= 0.6 is 0 Å². The molecule has 1 aromatic carbocycles. The Kier molecular flexibility index (Phi) is 36.8. The first-order valence-corrected chi connectivity index (χ1v) is 30.0. The molecule has 12 atom stereocenters. The van der Waals surface area contributed by atoms with Gasteiger partial charge < -0.3 is 71.0 Å². The van der Waals surface area contributed by atoms with Crippen LogP contribution in [-0.2, 0) is 64.0 Å². The van der Waals surface area contributed by atoms with Crippen molar-refractivity contribution in [3.8, 4) is 0 Å². The predicted molar refractivity (Wildman–Crippen MR) is 325 cm³/mol. The van der Waals surface area contributed by atoms with Gasteiger partial charge in [0.05, 0.1) is 31.2 Å². The normalized spacial score (nSPS) is 15.3. The van der Waals surface area contributed by atoms with E-state index in [-0.39, 0.29) is 101 Å². The molecule has 1 rings (SSSR count). The Morgan fingerprint density at radius 3 is 1.47 bits per heavy atom. The third kappa shape index (κ3) is 30.5. The Balaban J connectivity index is 3.47. The van der Waals surface area contributed by atoms with Crippen molar-refractivity contribution in [2.45, 2.75) is 181 Å². The van der Waals surface area contributed by atoms with E-state index in [2.05, 4.69) is 31.3 Å². The number of hydrogen-bond donors (Lipinski definition) is 13. The maximum Gasteiger partial charge on any atom is 0.305 e. The summed E-state index contributed by atoms with van der Waals surface area (Å²) in [5, 5.41) is 39.9. The summed E-state index contributed by atoms with van der Waals surface area (Å²) in [6.45, 7) is 9.37. The molecule has 0 heterocycles. The van der Waals surface area contributed by atoms with Crippen molar-refractivity contribution in [1.29, 1.82) is 0 Å². The summed E-state index contributed by atoms with van der Waals surface area (Å²) in [6.07, 6.45) is -0.978. The van der Waals surface area contributed by atoms with Crippen LogP contribution in [0.15, 0.2) is 40.3 Å². The van der Waals surface area contributed by atoms with Crippen molar-refractivity contribution in [1.82, 2.24) is 21.3 Å². The Hall–Kier alpha value is -7.68. The van der Waals surface area contributed by atoms with Crippen molar-refractivity contribution in [3.63, 3.8) is 0 Å². The van der Waals surface area contributed by atoms with Gasteiger partial charge in [0.1, 0.15) is 11.8 Å². The van der Waals surface area contributed by atoms with Crippen LogP contribution in [0.5, 0.6) is 0 Å². The number of carbonyl (C=O) groups is 12. The number of nitrogens with one attached hydrogen (secondary N) is 4. The largest absolute Gasteiger partial charge is 0.481 e. The summed E-state index contributed by atoms with van der Waals surface area (Å²) < 4.78 is 0. The van der Waals surface area contributed by atoms with Gasteiger partial charge in [0.25, 0.3) is 0 Å². The van der Waals surface area contributed by atoms with Crippen LogP contribution in [0, 0.1) is 47.3 Å². The van der Waals surface area contributed by atoms with Crippen LogP contribution in [0.3, 0.4) is 0 Å². The molecule has 27 nitrogen and oxygen atoms in total. The van der Waals surface area contributed by atoms with Gasteiger partial charge in [-0.1, -0.05) is 91.1 Å². The van der Waals surface area contributed by atoms with Gasteiger partial charge >= 0.3 is 11.9 Å². The molecule has 0 aliphatic heterocycles. The van der Waals surface area contributed by atoms with Gasteiger partial charge in [-0.15, -0.1) is 0 Å². The molecule has 0 spiro atoms. The summed E-state index contributed by atoms with van der Waals surface area (Å²) in [6, 6.07) is 3.06. The lowest BCUT2D eigenvalue weighted by molar-refractivity contribution is -0.141. The first-order valence-electron chi connectivity index (χ1n) is 30.0. The van der Waals surface area contributed by atoms with E-state index in [1.54, 1.807) is 58.0 Å². The Morgan fingerprint density at radius 1 is 0.483 bits per heavy atom. The minimum atomic E-state index is -1.70. The zero-order valence-electron chi connectivity index (χ0n) is 51.5. The van der Waals surface area contributed by atoms with Crippen LogP contribution in [0.25, 0.3) is 0 Å². The zero-order valence-corrected chi connectivity index (χ0v) is 51.5. The number of aliphatic carboxylic acids is 2. The number of guanidine groups is 2. The van der Waals surface area contributed by atoms with Gasteiger partial charge in [-0.2, -0.15) is 0 Å². The standard InChI is InChI=1S/C60H98N12O15/c1-7-34(3)41(54(62)83)30-50(77)44(27-38-16-10-9-11-17-38)71-58(87)42(35(4)8-2)31-51(78)45(32-53(81)82)70-55(84)37(6)26-48(75)46(33-73)72-57(86)40(19-14-24-67-59(63)64)29-49(76)43(20-15-25-68-60(65)66)69-56(85)39(18-12-13-23-61)28-47(74)36(5)21-22-52(79)80/h9-11,16-17,34-37,39-46,73H,7-8,12-15,18-33,61H2,1-6H3,(H2,62,83)(H,69,85)(H,70,84)(H,71,87)(H,72,86)(H,79,80)(H,81,82)(H4,63,64,67)(H4,65,66,68)/t34-,35-,36-,37+,39+,40+,41-,42-,43-,44-,45-,46-/m0/s1. The maximum absolute atomic E-state index is 14.3. The number of carboxylic acid groups (broad SMARTS) is 2. The number of primary amides is 1. The van der Waals surface area contributed by atoms with Gasteiger partial charge in [-0.05, 0) is 75.3 Å². The number of carboxylic acids is 2. The Labute approximate surface area is 509 Å². The van der Waals surface area contributed by atoms with E-state index in [1.165, 1.54) is 6.92 Å². The molecule has 87 heavy (non-hydrogen) atoms. The second kappa shape index (κ2) is 41.4. The van der Waals surface area contributed by atoms with E-state index in [1.807, 2.05) is 6.92 Å². The molecule has 0 unspecified atom stereocenters. The smallest absolute Gasteiger partial charge is 0.305 e. The van der Waals surface area contributed by atoms with E-state index < -0.39 is 162 Å². The highest BCUT2D eigenvalue weighted by atomic mass is 16.4. The summed E-state index contributed by atoms with van der Waals surface area (Å²) >= 11 is 0. The fourth-order valence-electron chi connectivity index (χ4n) is 9.75. The number of aliphatic imine (C=N–C) groups is 2. The molecule has 0 aliphatic carbocycles. The quantitative estimate of drug-likeness (QED) is 0.0244. The number of Topliss-reactive ketones (excluding diaryl/α,β-unsaturated/α-hetero) is 5. The topological polar surface area (TPSA) is 494 Å². The van der Waals surface area contributed by atoms with Crippen molar-refractivity contribution in [2.75, 3.05) is 26.2 Å². The fraction of sp³-hybridized carbons (Fsp3) is 0.667. The van der Waals surface area contributed by atoms with E-state index in [0.717, 1.165) is 0 Å². The molecule has 488 valence electrons. The van der Waals surface area contributed by atoms with Crippen LogP contribution in [0.4, 0.5) is 0 Å². The summed E-state index contributed by atoms with van der Waals surface area (Å²) in [5.41, 5.74) is 34.1. The molecular weight excluding hydrogens is 1130 g/mol. The van der Waals surface area contributed by atoms with E-state index >= 15 is 0 Å². The lowest BCUT2D eigenvalue weighted by Gasteiger charge is -2.28. The lowest BCUT2D eigenvalue weighted by atomic mass is 9.83. The van der Waals surface area contributed by atoms with Gasteiger partial charge in [-0.3, -0.25) is 67.5 Å². The minimum absolute atomic E-state index is 0.0170. The van der Waals surface area contributed by atoms with Crippen LogP contribution in [-0.4, -0.2) is 148 Å². The van der Waals surface area contributed by atoms with E-state index in [4.69, 9.17) is 39.5 Å². The molecule has 0 saturated heterocycles. The number of benzene rings is 1. The van der Waals surface area contributed by atoms with Crippen molar-refractivity contribution >= 4 is 82.3 Å². The number of amides is 5. The Bertz CT molecular complexity index is 2500. The van der Waals surface area contributed by atoms with E-state index in [9.17, 15) is 67.7 Å². The summed E-state index contributed by atoms with van der Waals surface area (Å²) in [7, 11) is 0. The third-order valence-electron chi connectivity index (χ3n) is 15.8. The average Bonchev–Trinajstić information content (AvgIpc) is 3.67. The number of hydrogen-bond acceptors (Lipinski definition) is 16. The number of rotatable bonds is 48. The lowest BCUT2D eigenvalue weighted by Crippen LogP contribution is -2.50. The third-order valence-corrected chi connectivity index (χ3v) is 15.8. The minimum Gasteiger partial charge on any atom is -0.481 e. The van der Waals surface area contributed by atoms with Gasteiger partial charge in [0, 0.05) is 87.1 Å². The first-order chi connectivity index (χ1) is 41.0. The molecule has 0 aromatic heterocycles. The van der Waals surface area contributed by atoms with Crippen LogP contribution in [0.1, 0.15) is 156 Å². The Morgan fingerprint density at radius 2 is 0.954 bits per heavy atom. The van der Waals surface area contributed by atoms with Crippen molar-refractivity contribution in [2.24, 2.45) is 91.7 Å². The fourth-order valence-corrected chi connectivity index (χ4v) is 9.75. The number of unbranched alkanes of at least 4 members (excludes halogenated alkanes) is 1. The molecule has 0 saturated carbocycles. The maximum atomic E-state index is 14.3. The molecule has 0 radical (unpaired) electrons. The number of carbonyl (C=O) groups excluding carboxylic acids is 10. The van der Waals surface area contributed by atoms with Crippen LogP contribution in [0.2, 0.25) is 0 Å². The number of aliphatic hydroxyl groups is 1. The molecule has 19 N–H and O–H groups in total. The average molecular weight is 1230 g/mol. The van der Waals surface area contributed by atoms with Gasteiger partial charge in [0.2, 0.25) is 29.5 Å². The molecule has 0 bridgehead atoms. The monoisotopic (exact) mass is 1230 g/mol. The molecule has 1 aromatic rings. The number of ketones is 5. The highest BCUT2D eigenvalue weighted by Gasteiger charge is 2.37. The molecule has 0 fully saturated rings. The highest BCUT2D eigenvalue weighted by molar-refractivity contribution is 5.99. The van der Waals surface area contributed by atoms with Crippen LogP contribution < -0.4 is 55.7 Å². The zero-order chi connectivity index (χ0) is 65.9.